The van der Waals surface area contributed by atoms with Crippen molar-refractivity contribution in [2.75, 3.05) is 39.3 Å². The molecule has 1 aromatic rings. The molecule has 0 spiro atoms. The molecule has 2 saturated heterocycles. The maximum Gasteiger partial charge on any atom is 0.0916 e. The first-order chi connectivity index (χ1) is 11.6. The molecule has 4 heteroatoms. The highest BCUT2D eigenvalue weighted by Gasteiger charge is 2.27. The molecule has 1 aromatic carbocycles. The highest BCUT2D eigenvalue weighted by Crippen LogP contribution is 2.23. The summed E-state index contributed by atoms with van der Waals surface area (Å²) in [4.78, 5) is 5.00. The predicted octanol–water partition coefficient (Wildman–Crippen LogP) is 2.54. The number of piperidine rings is 1. The molecule has 0 aromatic heterocycles. The Bertz CT molecular complexity index is 478. The molecule has 2 heterocycles. The second-order valence-electron chi connectivity index (χ2n) is 7.65. The van der Waals surface area contributed by atoms with Crippen LogP contribution in [0, 0.1) is 5.92 Å². The van der Waals surface area contributed by atoms with Gasteiger partial charge in [-0.3, -0.25) is 4.90 Å². The lowest BCUT2D eigenvalue weighted by Gasteiger charge is -2.39. The Labute approximate surface area is 146 Å². The van der Waals surface area contributed by atoms with Crippen molar-refractivity contribution in [3.05, 3.63) is 35.9 Å². The van der Waals surface area contributed by atoms with Crippen molar-refractivity contribution in [2.24, 2.45) is 5.92 Å². The summed E-state index contributed by atoms with van der Waals surface area (Å²) in [5, 5.41) is 10.4. The van der Waals surface area contributed by atoms with Gasteiger partial charge in [0.25, 0.3) is 0 Å². The van der Waals surface area contributed by atoms with E-state index in [0.29, 0.717) is 12.2 Å². The zero-order chi connectivity index (χ0) is 16.9. The maximum absolute atomic E-state index is 10.4. The number of aliphatic hydroxyl groups excluding tert-OH is 1. The number of likely N-dealkylation sites (tertiary alicyclic amines) is 1. The van der Waals surface area contributed by atoms with Crippen LogP contribution in [0.2, 0.25) is 0 Å². The fourth-order valence-electron chi connectivity index (χ4n) is 4.18. The van der Waals surface area contributed by atoms with Gasteiger partial charge in [0.15, 0.2) is 0 Å². The molecule has 3 atom stereocenters. The maximum atomic E-state index is 10.4. The summed E-state index contributed by atoms with van der Waals surface area (Å²) in [7, 11) is 0. The Morgan fingerprint density at radius 2 is 1.67 bits per heavy atom. The van der Waals surface area contributed by atoms with Crippen LogP contribution in [0.5, 0.6) is 0 Å². The first-order valence-corrected chi connectivity index (χ1v) is 9.43. The van der Waals surface area contributed by atoms with Crippen molar-refractivity contribution in [3.8, 4) is 0 Å². The van der Waals surface area contributed by atoms with Gasteiger partial charge in [0.05, 0.1) is 18.3 Å². The van der Waals surface area contributed by atoms with Gasteiger partial charge >= 0.3 is 0 Å². The first kappa shape index (κ1) is 17.9. The molecule has 0 saturated carbocycles. The molecule has 0 aliphatic carbocycles. The summed E-state index contributed by atoms with van der Waals surface area (Å²) in [6.07, 6.45) is 2.82. The third-order valence-corrected chi connectivity index (χ3v) is 5.33. The second kappa shape index (κ2) is 8.43. The van der Waals surface area contributed by atoms with Gasteiger partial charge in [0, 0.05) is 26.2 Å². The van der Waals surface area contributed by atoms with E-state index >= 15 is 0 Å². The monoisotopic (exact) mass is 332 g/mol. The average Bonchev–Trinajstić information content (AvgIpc) is 2.56. The van der Waals surface area contributed by atoms with E-state index in [2.05, 4.69) is 23.6 Å². The Balaban J connectivity index is 1.41. The van der Waals surface area contributed by atoms with Crippen molar-refractivity contribution in [1.29, 1.82) is 0 Å². The molecule has 134 valence electrons. The van der Waals surface area contributed by atoms with E-state index in [0.717, 1.165) is 44.2 Å². The van der Waals surface area contributed by atoms with Gasteiger partial charge in [-0.05, 0) is 51.3 Å². The molecule has 24 heavy (non-hydrogen) atoms. The number of ether oxygens (including phenoxy) is 1. The van der Waals surface area contributed by atoms with E-state index < -0.39 is 0 Å². The molecular formula is C20H32N2O2. The van der Waals surface area contributed by atoms with E-state index in [1.807, 2.05) is 30.3 Å². The van der Waals surface area contributed by atoms with Crippen molar-refractivity contribution < 1.29 is 9.84 Å². The Morgan fingerprint density at radius 1 is 1.04 bits per heavy atom. The highest BCUT2D eigenvalue weighted by molar-refractivity contribution is 5.17. The molecule has 4 nitrogen and oxygen atoms in total. The van der Waals surface area contributed by atoms with E-state index in [-0.39, 0.29) is 6.10 Å². The second-order valence-corrected chi connectivity index (χ2v) is 7.65. The minimum absolute atomic E-state index is 0.356. The lowest BCUT2D eigenvalue weighted by Crippen LogP contribution is -2.48. The predicted molar refractivity (Wildman–Crippen MR) is 97.0 cm³/mol. The topological polar surface area (TPSA) is 35.9 Å². The molecule has 2 aliphatic heterocycles. The molecule has 3 rings (SSSR count). The van der Waals surface area contributed by atoms with E-state index in [4.69, 9.17) is 4.74 Å². The molecule has 0 bridgehead atoms. The number of hydrogen-bond acceptors (Lipinski definition) is 4. The average molecular weight is 332 g/mol. The summed E-state index contributed by atoms with van der Waals surface area (Å²) in [6.45, 7) is 10.6. The zero-order valence-electron chi connectivity index (χ0n) is 15.1. The minimum atomic E-state index is -0.372. The summed E-state index contributed by atoms with van der Waals surface area (Å²) >= 11 is 0. The largest absolute Gasteiger partial charge is 0.387 e. The molecule has 0 unspecified atom stereocenters. The van der Waals surface area contributed by atoms with Gasteiger partial charge < -0.3 is 14.7 Å². The Kier molecular flexibility index (Phi) is 6.28. The van der Waals surface area contributed by atoms with Crippen LogP contribution in [0.4, 0.5) is 0 Å². The van der Waals surface area contributed by atoms with Gasteiger partial charge in [-0.1, -0.05) is 30.3 Å². The number of nitrogens with zero attached hydrogens (tertiary/aromatic N) is 2. The number of rotatable bonds is 5. The Morgan fingerprint density at radius 3 is 2.29 bits per heavy atom. The van der Waals surface area contributed by atoms with Crippen molar-refractivity contribution in [3.63, 3.8) is 0 Å². The van der Waals surface area contributed by atoms with Crippen LogP contribution in [0.3, 0.4) is 0 Å². The van der Waals surface area contributed by atoms with Crippen LogP contribution in [0.15, 0.2) is 30.3 Å². The normalized spacial score (nSPS) is 28.8. The number of aliphatic hydroxyl groups is 1. The number of hydrogen-bond donors (Lipinski definition) is 1. The van der Waals surface area contributed by atoms with Crippen LogP contribution in [0.25, 0.3) is 0 Å². The molecular weight excluding hydrogens is 300 g/mol. The van der Waals surface area contributed by atoms with Crippen LogP contribution in [-0.2, 0) is 4.74 Å². The molecule has 1 N–H and O–H groups in total. The fraction of sp³-hybridized carbons (Fsp3) is 0.700. The first-order valence-electron chi connectivity index (χ1n) is 9.43. The van der Waals surface area contributed by atoms with Gasteiger partial charge in [-0.15, -0.1) is 0 Å². The Hall–Kier alpha value is -0.940. The highest BCUT2D eigenvalue weighted by atomic mass is 16.5. The SMILES string of the molecule is C[C@@H]1CN(CC2CCN(C[C@@H](O)c3ccccc3)CC2)C[C@@H](C)O1. The van der Waals surface area contributed by atoms with Gasteiger partial charge in [-0.2, -0.15) is 0 Å². The number of β-amino-alcohol motifs (C(OH)–C–C–N with tert-alkyl or cyclic N) is 1. The fourth-order valence-corrected chi connectivity index (χ4v) is 4.18. The van der Waals surface area contributed by atoms with Crippen molar-refractivity contribution >= 4 is 0 Å². The number of morpholine rings is 1. The lowest BCUT2D eigenvalue weighted by molar-refractivity contribution is -0.0734. The molecule has 0 amide bonds. The number of benzene rings is 1. The minimum Gasteiger partial charge on any atom is -0.387 e. The summed E-state index contributed by atoms with van der Waals surface area (Å²) in [5.41, 5.74) is 1.02. The van der Waals surface area contributed by atoms with Gasteiger partial charge in [0.1, 0.15) is 0 Å². The summed E-state index contributed by atoms with van der Waals surface area (Å²) in [6, 6.07) is 10.0. The summed E-state index contributed by atoms with van der Waals surface area (Å²) in [5.74, 6) is 0.785. The van der Waals surface area contributed by atoms with Crippen LogP contribution in [0.1, 0.15) is 38.4 Å². The van der Waals surface area contributed by atoms with Crippen molar-refractivity contribution in [1.82, 2.24) is 9.80 Å². The van der Waals surface area contributed by atoms with Crippen LogP contribution < -0.4 is 0 Å². The van der Waals surface area contributed by atoms with E-state index in [1.54, 1.807) is 0 Å². The standard InChI is InChI=1S/C20H32N2O2/c1-16-12-22(13-17(2)24-16)14-18-8-10-21(11-9-18)15-20(23)19-6-4-3-5-7-19/h3-7,16-18,20,23H,8-15H2,1-2H3/t16-,17-,20-/m1/s1. The van der Waals surface area contributed by atoms with Crippen molar-refractivity contribution in [2.45, 2.75) is 45.0 Å². The van der Waals surface area contributed by atoms with Gasteiger partial charge in [0.2, 0.25) is 0 Å². The third kappa shape index (κ3) is 5.03. The molecule has 0 radical (unpaired) electrons. The lowest BCUT2D eigenvalue weighted by atomic mass is 9.95. The van der Waals surface area contributed by atoms with Gasteiger partial charge in [-0.25, -0.2) is 0 Å². The molecule has 2 fully saturated rings. The van der Waals surface area contributed by atoms with E-state index in [1.165, 1.54) is 19.4 Å². The third-order valence-electron chi connectivity index (χ3n) is 5.33. The molecule has 2 aliphatic rings. The van der Waals surface area contributed by atoms with Crippen LogP contribution in [-0.4, -0.2) is 66.4 Å². The smallest absolute Gasteiger partial charge is 0.0916 e. The zero-order valence-corrected chi connectivity index (χ0v) is 15.1. The van der Waals surface area contributed by atoms with Crippen LogP contribution >= 0.6 is 0 Å². The summed E-state index contributed by atoms with van der Waals surface area (Å²) < 4.78 is 5.83. The quantitative estimate of drug-likeness (QED) is 0.899. The van der Waals surface area contributed by atoms with E-state index in [9.17, 15) is 5.11 Å².